The fourth-order valence-electron chi connectivity index (χ4n) is 4.84. The summed E-state index contributed by atoms with van der Waals surface area (Å²) in [4.78, 5) is 14.2. The van der Waals surface area contributed by atoms with Gasteiger partial charge < -0.3 is 16.0 Å². The number of anilines is 5. The summed E-state index contributed by atoms with van der Waals surface area (Å²) in [5, 5.41) is 10.1. The first kappa shape index (κ1) is 28.1. The molecular weight excluding hydrogens is 522 g/mol. The molecule has 0 heterocycles. The standard InChI is InChI=1S/C36H35N3OS/c1-2-41-35-16-10-9-15-34(35)39-36(40)26-25-33(27-17-21-31(22-18-27)37-29-11-5-3-6-12-29)28-19-23-32(24-20-28)38-30-13-7-4-8-14-30/h3-24,33,37-38H,2,25-26H2,1H3,(H,39,40). The van der Waals surface area contributed by atoms with E-state index in [-0.39, 0.29) is 11.8 Å². The normalized spacial score (nSPS) is 10.8. The summed E-state index contributed by atoms with van der Waals surface area (Å²) in [6.45, 7) is 2.12. The Morgan fingerprint density at radius 3 is 1.59 bits per heavy atom. The SMILES string of the molecule is CCSc1ccccc1NC(=O)CCC(c1ccc(Nc2ccccc2)cc1)c1ccc(Nc2ccccc2)cc1. The summed E-state index contributed by atoms with van der Waals surface area (Å²) in [6, 6.07) is 45.4. The fraction of sp³-hybridized carbons (Fsp3) is 0.139. The molecule has 5 aromatic carbocycles. The summed E-state index contributed by atoms with van der Waals surface area (Å²) in [5.41, 5.74) is 7.42. The summed E-state index contributed by atoms with van der Waals surface area (Å²) < 4.78 is 0. The third-order valence-corrected chi connectivity index (χ3v) is 7.83. The van der Waals surface area contributed by atoms with Crippen LogP contribution in [-0.4, -0.2) is 11.7 Å². The lowest BCUT2D eigenvalue weighted by Gasteiger charge is -2.20. The minimum absolute atomic E-state index is 0.0314. The van der Waals surface area contributed by atoms with Crippen molar-refractivity contribution in [2.24, 2.45) is 0 Å². The lowest BCUT2D eigenvalue weighted by atomic mass is 9.87. The van der Waals surface area contributed by atoms with E-state index in [0.29, 0.717) is 12.8 Å². The number of hydrogen-bond acceptors (Lipinski definition) is 4. The highest BCUT2D eigenvalue weighted by Crippen LogP contribution is 2.33. The van der Waals surface area contributed by atoms with Gasteiger partial charge in [0, 0.05) is 40.0 Å². The number of hydrogen-bond donors (Lipinski definition) is 3. The van der Waals surface area contributed by atoms with Gasteiger partial charge in [0.2, 0.25) is 5.91 Å². The summed E-state index contributed by atoms with van der Waals surface area (Å²) in [5.74, 6) is 1.07. The first-order chi connectivity index (χ1) is 20.2. The van der Waals surface area contributed by atoms with Crippen LogP contribution in [0.25, 0.3) is 0 Å². The second kappa shape index (κ2) is 14.2. The van der Waals surface area contributed by atoms with Crippen LogP contribution in [0.3, 0.4) is 0 Å². The molecule has 0 saturated carbocycles. The van der Waals surface area contributed by atoms with Crippen molar-refractivity contribution in [3.8, 4) is 0 Å². The van der Waals surface area contributed by atoms with Crippen LogP contribution in [0.4, 0.5) is 28.4 Å². The molecule has 4 nitrogen and oxygen atoms in total. The highest BCUT2D eigenvalue weighted by Gasteiger charge is 2.17. The number of thioether (sulfide) groups is 1. The van der Waals surface area contributed by atoms with Crippen molar-refractivity contribution < 1.29 is 4.79 Å². The maximum Gasteiger partial charge on any atom is 0.224 e. The Bertz CT molecular complexity index is 1440. The zero-order valence-electron chi connectivity index (χ0n) is 23.2. The van der Waals surface area contributed by atoms with Gasteiger partial charge in [-0.15, -0.1) is 11.8 Å². The third-order valence-electron chi connectivity index (χ3n) is 6.87. The molecular formula is C36H35N3OS. The second-order valence-corrected chi connectivity index (χ2v) is 11.1. The lowest BCUT2D eigenvalue weighted by molar-refractivity contribution is -0.116. The van der Waals surface area contributed by atoms with E-state index < -0.39 is 0 Å². The topological polar surface area (TPSA) is 53.2 Å². The molecule has 0 fully saturated rings. The van der Waals surface area contributed by atoms with Crippen molar-refractivity contribution in [1.82, 2.24) is 0 Å². The number of carbonyl (C=O) groups excluding carboxylic acids is 1. The van der Waals surface area contributed by atoms with Gasteiger partial charge in [0.05, 0.1) is 5.69 Å². The highest BCUT2D eigenvalue weighted by molar-refractivity contribution is 7.99. The Labute approximate surface area is 247 Å². The predicted molar refractivity (Wildman–Crippen MR) is 175 cm³/mol. The van der Waals surface area contributed by atoms with Crippen LogP contribution in [0.5, 0.6) is 0 Å². The quantitative estimate of drug-likeness (QED) is 0.134. The van der Waals surface area contributed by atoms with Crippen molar-refractivity contribution >= 4 is 46.1 Å². The minimum atomic E-state index is 0.0314. The van der Waals surface area contributed by atoms with Gasteiger partial charge in [0.25, 0.3) is 0 Å². The van der Waals surface area contributed by atoms with E-state index in [4.69, 9.17) is 0 Å². The molecule has 3 N–H and O–H groups in total. The number of carbonyl (C=O) groups is 1. The van der Waals surface area contributed by atoms with Crippen LogP contribution in [0, 0.1) is 0 Å². The molecule has 0 saturated heterocycles. The van der Waals surface area contributed by atoms with E-state index in [9.17, 15) is 4.79 Å². The molecule has 1 amide bonds. The minimum Gasteiger partial charge on any atom is -0.356 e. The van der Waals surface area contributed by atoms with E-state index in [2.05, 4.69) is 102 Å². The number of rotatable bonds is 12. The average molecular weight is 558 g/mol. The molecule has 0 bridgehead atoms. The van der Waals surface area contributed by atoms with Gasteiger partial charge in [-0.2, -0.15) is 0 Å². The van der Waals surface area contributed by atoms with Crippen molar-refractivity contribution in [3.63, 3.8) is 0 Å². The molecule has 5 aromatic rings. The van der Waals surface area contributed by atoms with Crippen molar-refractivity contribution in [2.45, 2.75) is 30.6 Å². The molecule has 0 atom stereocenters. The van der Waals surface area contributed by atoms with E-state index in [1.807, 2.05) is 54.6 Å². The molecule has 0 spiro atoms. The summed E-state index contributed by atoms with van der Waals surface area (Å²) in [7, 11) is 0. The first-order valence-corrected chi connectivity index (χ1v) is 15.0. The van der Waals surface area contributed by atoms with Crippen LogP contribution in [0.1, 0.15) is 36.8 Å². The Morgan fingerprint density at radius 1 is 0.610 bits per heavy atom. The Morgan fingerprint density at radius 2 is 1.07 bits per heavy atom. The maximum absolute atomic E-state index is 13.1. The molecule has 206 valence electrons. The number of para-hydroxylation sites is 3. The fourth-order valence-corrected chi connectivity index (χ4v) is 5.60. The molecule has 0 aliphatic carbocycles. The Kier molecular flexibility index (Phi) is 9.75. The van der Waals surface area contributed by atoms with Gasteiger partial charge in [-0.3, -0.25) is 4.79 Å². The summed E-state index contributed by atoms with van der Waals surface area (Å²) >= 11 is 1.74. The van der Waals surface area contributed by atoms with Gasteiger partial charge in [0.1, 0.15) is 0 Å². The van der Waals surface area contributed by atoms with Gasteiger partial charge >= 0.3 is 0 Å². The summed E-state index contributed by atoms with van der Waals surface area (Å²) in [6.07, 6.45) is 1.12. The van der Waals surface area contributed by atoms with Gasteiger partial charge in [-0.05, 0) is 84.0 Å². The maximum atomic E-state index is 13.1. The van der Waals surface area contributed by atoms with E-state index in [0.717, 1.165) is 39.1 Å². The van der Waals surface area contributed by atoms with Gasteiger partial charge in [-0.1, -0.05) is 79.7 Å². The largest absolute Gasteiger partial charge is 0.356 e. The smallest absolute Gasteiger partial charge is 0.224 e. The molecule has 0 aromatic heterocycles. The molecule has 0 unspecified atom stereocenters. The van der Waals surface area contributed by atoms with Crippen LogP contribution < -0.4 is 16.0 Å². The predicted octanol–water partition coefficient (Wildman–Crippen LogP) is 9.84. The van der Waals surface area contributed by atoms with Crippen molar-refractivity contribution in [1.29, 1.82) is 0 Å². The Hall–Kier alpha value is -4.48. The van der Waals surface area contributed by atoms with Crippen LogP contribution in [0.15, 0.2) is 138 Å². The first-order valence-electron chi connectivity index (χ1n) is 14.0. The van der Waals surface area contributed by atoms with E-state index in [1.165, 1.54) is 11.1 Å². The molecule has 5 rings (SSSR count). The molecule has 0 radical (unpaired) electrons. The lowest BCUT2D eigenvalue weighted by Crippen LogP contribution is -2.14. The molecule has 41 heavy (non-hydrogen) atoms. The van der Waals surface area contributed by atoms with Crippen molar-refractivity contribution in [3.05, 3.63) is 145 Å². The zero-order chi connectivity index (χ0) is 28.3. The monoisotopic (exact) mass is 557 g/mol. The number of benzene rings is 5. The molecule has 0 aliphatic heterocycles. The number of nitrogens with one attached hydrogen (secondary N) is 3. The third kappa shape index (κ3) is 8.03. The molecule has 0 aliphatic rings. The van der Waals surface area contributed by atoms with Gasteiger partial charge in [0.15, 0.2) is 0 Å². The number of amides is 1. The highest BCUT2D eigenvalue weighted by atomic mass is 32.2. The average Bonchev–Trinajstić information content (AvgIpc) is 3.01. The van der Waals surface area contributed by atoms with E-state index >= 15 is 0 Å². The zero-order valence-corrected chi connectivity index (χ0v) is 24.0. The van der Waals surface area contributed by atoms with Gasteiger partial charge in [-0.25, -0.2) is 0 Å². The Balaban J connectivity index is 1.33. The van der Waals surface area contributed by atoms with Crippen LogP contribution in [0.2, 0.25) is 0 Å². The van der Waals surface area contributed by atoms with Crippen molar-refractivity contribution in [2.75, 3.05) is 21.7 Å². The molecule has 5 heteroatoms. The van der Waals surface area contributed by atoms with Crippen LogP contribution in [-0.2, 0) is 4.79 Å². The van der Waals surface area contributed by atoms with E-state index in [1.54, 1.807) is 11.8 Å². The van der Waals surface area contributed by atoms with Crippen LogP contribution >= 0.6 is 11.8 Å². The second-order valence-electron chi connectivity index (χ2n) is 9.79.